The maximum Gasteiger partial charge on any atom is 0.416 e. The van der Waals surface area contributed by atoms with E-state index in [0.717, 1.165) is 34.9 Å². The van der Waals surface area contributed by atoms with Crippen LogP contribution < -0.4 is 0 Å². The highest BCUT2D eigenvalue weighted by Gasteiger charge is 2.44. The van der Waals surface area contributed by atoms with Gasteiger partial charge in [-0.25, -0.2) is 4.99 Å². The summed E-state index contributed by atoms with van der Waals surface area (Å²) in [6.07, 6.45) is 1.65. The Morgan fingerprint density at radius 2 is 2.00 bits per heavy atom. The second-order valence-electron chi connectivity index (χ2n) is 9.59. The summed E-state index contributed by atoms with van der Waals surface area (Å²) in [5.74, 6) is 1.16. The standard InChI is InChI=1S/C26H21ClF3N3OS/c27-18-5-3-16(21(11-18)26(28,29)30)10-19(15-4-6-22-17(9-15)12-31-33-22)23-24(34)32-25(35-23)20-8-13-1-2-14(20)7-13/h3-6,9,11-14,20H,1-2,7-8,10H2,(H,31,33)/t13?,14?,20-/m0/s1. The number of rotatable bonds is 4. The molecule has 3 aromatic rings. The number of halogens is 4. The van der Waals surface area contributed by atoms with Crippen molar-refractivity contribution in [3.8, 4) is 0 Å². The Kier molecular flexibility index (Phi) is 5.56. The number of aliphatic imine (C=N–C) groups is 1. The maximum absolute atomic E-state index is 13.9. The van der Waals surface area contributed by atoms with Crippen molar-refractivity contribution in [3.63, 3.8) is 0 Å². The van der Waals surface area contributed by atoms with E-state index in [-0.39, 0.29) is 28.8 Å². The van der Waals surface area contributed by atoms with Gasteiger partial charge in [0.05, 0.1) is 27.2 Å². The summed E-state index contributed by atoms with van der Waals surface area (Å²) in [4.78, 5) is 18.0. The van der Waals surface area contributed by atoms with E-state index in [0.29, 0.717) is 27.9 Å². The van der Waals surface area contributed by atoms with Crippen LogP contribution >= 0.6 is 23.4 Å². The van der Waals surface area contributed by atoms with Gasteiger partial charge in [-0.05, 0) is 78.5 Å². The number of alkyl halides is 3. The van der Waals surface area contributed by atoms with Crippen LogP contribution in [0, 0.1) is 17.8 Å². The van der Waals surface area contributed by atoms with E-state index in [1.54, 1.807) is 6.20 Å². The van der Waals surface area contributed by atoms with Gasteiger partial charge in [-0.2, -0.15) is 18.3 Å². The number of allylic oxidation sites excluding steroid dienone is 1. The number of hydrogen-bond donors (Lipinski definition) is 1. The molecule has 0 radical (unpaired) electrons. The molecule has 1 N–H and O–H groups in total. The molecule has 3 aliphatic rings. The second-order valence-corrected chi connectivity index (χ2v) is 11.1. The van der Waals surface area contributed by atoms with Crippen LogP contribution in [0.15, 0.2) is 52.5 Å². The van der Waals surface area contributed by atoms with Gasteiger partial charge in [-0.3, -0.25) is 9.89 Å². The number of aromatic nitrogens is 2. The predicted molar refractivity (Wildman–Crippen MR) is 132 cm³/mol. The van der Waals surface area contributed by atoms with Crippen molar-refractivity contribution in [1.82, 2.24) is 10.2 Å². The van der Waals surface area contributed by atoms with Crippen LogP contribution in [-0.4, -0.2) is 21.1 Å². The highest BCUT2D eigenvalue weighted by Crippen LogP contribution is 2.52. The summed E-state index contributed by atoms with van der Waals surface area (Å²) in [7, 11) is 0. The third-order valence-corrected chi connectivity index (χ3v) is 8.94. The minimum atomic E-state index is -4.57. The van der Waals surface area contributed by atoms with Gasteiger partial charge in [-0.1, -0.05) is 41.9 Å². The first-order chi connectivity index (χ1) is 16.8. The summed E-state index contributed by atoms with van der Waals surface area (Å²) in [6.45, 7) is 0. The number of amides is 1. The lowest BCUT2D eigenvalue weighted by molar-refractivity contribution is -0.138. The van der Waals surface area contributed by atoms with Crippen molar-refractivity contribution < 1.29 is 18.0 Å². The fraction of sp³-hybridized carbons (Fsp3) is 0.346. The Bertz CT molecular complexity index is 1410. The van der Waals surface area contributed by atoms with Gasteiger partial charge in [0, 0.05) is 16.3 Å². The molecule has 2 aromatic carbocycles. The lowest BCUT2D eigenvalue weighted by Gasteiger charge is -2.21. The van der Waals surface area contributed by atoms with Crippen LogP contribution in [0.5, 0.6) is 0 Å². The number of benzene rings is 2. The Morgan fingerprint density at radius 1 is 1.14 bits per heavy atom. The van der Waals surface area contributed by atoms with Gasteiger partial charge in [0.1, 0.15) is 0 Å². The van der Waals surface area contributed by atoms with Crippen molar-refractivity contribution in [1.29, 1.82) is 0 Å². The number of nitrogens with zero attached hydrogens (tertiary/aromatic N) is 2. The zero-order valence-electron chi connectivity index (χ0n) is 18.5. The largest absolute Gasteiger partial charge is 0.416 e. The summed E-state index contributed by atoms with van der Waals surface area (Å²) >= 11 is 7.25. The fourth-order valence-electron chi connectivity index (χ4n) is 5.82. The molecule has 1 aliphatic heterocycles. The average Bonchev–Trinajstić information content (AvgIpc) is 3.61. The number of fused-ring (bicyclic) bond motifs is 3. The molecule has 2 aliphatic carbocycles. The molecule has 6 rings (SSSR count). The van der Waals surface area contributed by atoms with Crippen molar-refractivity contribution in [2.45, 2.75) is 38.3 Å². The van der Waals surface area contributed by atoms with E-state index in [9.17, 15) is 18.0 Å². The highest BCUT2D eigenvalue weighted by atomic mass is 35.5. The number of aromatic amines is 1. The molecule has 4 nitrogen and oxygen atoms in total. The molecule has 2 fully saturated rings. The molecule has 2 saturated carbocycles. The molecule has 0 spiro atoms. The summed E-state index contributed by atoms with van der Waals surface area (Å²) in [5, 5.41) is 8.58. The molecular weight excluding hydrogens is 495 g/mol. The Morgan fingerprint density at radius 3 is 2.74 bits per heavy atom. The van der Waals surface area contributed by atoms with Crippen LogP contribution in [0.25, 0.3) is 16.5 Å². The first-order valence-corrected chi connectivity index (χ1v) is 12.8. The summed E-state index contributed by atoms with van der Waals surface area (Å²) < 4.78 is 41.6. The van der Waals surface area contributed by atoms with Gasteiger partial charge in [0.2, 0.25) is 0 Å². The normalized spacial score (nSPS) is 25.5. The second kappa shape index (κ2) is 8.52. The van der Waals surface area contributed by atoms with Crippen LogP contribution in [-0.2, 0) is 17.4 Å². The van der Waals surface area contributed by atoms with Crippen molar-refractivity contribution in [2.75, 3.05) is 0 Å². The molecule has 9 heteroatoms. The van der Waals surface area contributed by atoms with Gasteiger partial charge in [0.25, 0.3) is 5.91 Å². The number of hydrogen-bond acceptors (Lipinski definition) is 3. The summed E-state index contributed by atoms with van der Waals surface area (Å²) in [6, 6.07) is 9.29. The number of carbonyl (C=O) groups is 1. The van der Waals surface area contributed by atoms with E-state index in [2.05, 4.69) is 15.2 Å². The van der Waals surface area contributed by atoms with Crippen LogP contribution in [0.4, 0.5) is 13.2 Å². The maximum atomic E-state index is 13.9. The number of H-pyrrole nitrogens is 1. The number of thioether (sulfide) groups is 1. The van der Waals surface area contributed by atoms with E-state index in [1.165, 1.54) is 36.7 Å². The van der Waals surface area contributed by atoms with Crippen LogP contribution in [0.2, 0.25) is 5.02 Å². The molecule has 1 aromatic heterocycles. The van der Waals surface area contributed by atoms with Crippen molar-refractivity contribution in [3.05, 3.63) is 69.2 Å². The molecule has 180 valence electrons. The molecule has 35 heavy (non-hydrogen) atoms. The van der Waals surface area contributed by atoms with Gasteiger partial charge >= 0.3 is 6.18 Å². The molecule has 3 atom stereocenters. The SMILES string of the molecule is O=C1N=C([C@H]2CC3CCC2C3)SC1=C(Cc1ccc(Cl)cc1C(F)(F)F)c1ccc2[nH]ncc2c1. The van der Waals surface area contributed by atoms with Crippen molar-refractivity contribution in [2.24, 2.45) is 22.7 Å². The monoisotopic (exact) mass is 515 g/mol. The lowest BCUT2D eigenvalue weighted by Crippen LogP contribution is -2.17. The smallest absolute Gasteiger partial charge is 0.278 e. The number of nitrogens with one attached hydrogen (secondary N) is 1. The fourth-order valence-corrected chi connectivity index (χ4v) is 7.22. The third-order valence-electron chi connectivity index (χ3n) is 7.48. The highest BCUT2D eigenvalue weighted by molar-refractivity contribution is 8.18. The van der Waals surface area contributed by atoms with Crippen molar-refractivity contribution >= 4 is 50.8 Å². The summed E-state index contributed by atoms with van der Waals surface area (Å²) in [5.41, 5.74) is 1.31. The molecule has 0 saturated heterocycles. The first-order valence-electron chi connectivity index (χ1n) is 11.6. The van der Waals surface area contributed by atoms with E-state index >= 15 is 0 Å². The van der Waals surface area contributed by atoms with E-state index < -0.39 is 11.7 Å². The van der Waals surface area contributed by atoms with Gasteiger partial charge in [0.15, 0.2) is 0 Å². The Hall–Kier alpha value is -2.58. The molecule has 1 amide bonds. The lowest BCUT2D eigenvalue weighted by atomic mass is 9.89. The Balaban J connectivity index is 1.44. The molecular formula is C26H21ClF3N3OS. The van der Waals surface area contributed by atoms with Gasteiger partial charge in [-0.15, -0.1) is 0 Å². The Labute approximate surface area is 209 Å². The molecule has 2 bridgehead atoms. The average molecular weight is 516 g/mol. The molecule has 2 unspecified atom stereocenters. The van der Waals surface area contributed by atoms with Gasteiger partial charge < -0.3 is 0 Å². The third kappa shape index (κ3) is 4.20. The zero-order valence-corrected chi connectivity index (χ0v) is 20.1. The topological polar surface area (TPSA) is 58.1 Å². The quantitative estimate of drug-likeness (QED) is 0.371. The minimum absolute atomic E-state index is 0.0170. The minimum Gasteiger partial charge on any atom is -0.278 e. The number of carbonyl (C=O) groups excluding carboxylic acids is 1. The zero-order chi connectivity index (χ0) is 24.3. The van der Waals surface area contributed by atoms with E-state index in [4.69, 9.17) is 11.6 Å². The molecule has 2 heterocycles. The predicted octanol–water partition coefficient (Wildman–Crippen LogP) is 7.30. The van der Waals surface area contributed by atoms with Crippen LogP contribution in [0.1, 0.15) is 42.4 Å². The first kappa shape index (κ1) is 22.9. The van der Waals surface area contributed by atoms with E-state index in [1.807, 2.05) is 18.2 Å². The van der Waals surface area contributed by atoms with Crippen LogP contribution in [0.3, 0.4) is 0 Å².